The maximum absolute atomic E-state index is 12.2. The molecule has 3 aromatic rings. The van der Waals surface area contributed by atoms with Gasteiger partial charge in [-0.05, 0) is 25.1 Å². The van der Waals surface area contributed by atoms with Crippen LogP contribution in [0.25, 0.3) is 10.9 Å². The number of aromatic nitrogens is 2. The third-order valence-corrected chi connectivity index (χ3v) is 3.62. The van der Waals surface area contributed by atoms with E-state index in [0.717, 1.165) is 15.8 Å². The second-order valence-corrected chi connectivity index (χ2v) is 5.47. The molecule has 6 heteroatoms. The molecule has 5 nitrogen and oxygen atoms in total. The Kier molecular flexibility index (Phi) is 2.72. The number of carbonyl (C=O) groups excluding carboxylic acids is 1. The van der Waals surface area contributed by atoms with E-state index >= 15 is 0 Å². The molecule has 2 aromatic heterocycles. The summed E-state index contributed by atoms with van der Waals surface area (Å²) in [7, 11) is 0. The van der Waals surface area contributed by atoms with Gasteiger partial charge in [-0.25, -0.2) is 4.98 Å². The molecule has 1 aromatic carbocycles. The zero-order valence-electron chi connectivity index (χ0n) is 10.2. The van der Waals surface area contributed by atoms with Gasteiger partial charge < -0.3 is 10.7 Å². The summed E-state index contributed by atoms with van der Waals surface area (Å²) < 4.78 is 0. The molecular formula is C13H12N4OS. The van der Waals surface area contributed by atoms with Gasteiger partial charge in [-0.1, -0.05) is 0 Å². The van der Waals surface area contributed by atoms with Gasteiger partial charge in [0.15, 0.2) is 5.13 Å². The Morgan fingerprint density at radius 1 is 1.47 bits per heavy atom. The van der Waals surface area contributed by atoms with Crippen molar-refractivity contribution in [2.24, 2.45) is 0 Å². The summed E-state index contributed by atoms with van der Waals surface area (Å²) in [6.07, 6.45) is 3.41. The number of aromatic amines is 1. The number of amides is 1. The standard InChI is InChI=1S/C13H12N4OS/c1-7-5-16-13(19-7)17-12(18)10-6-15-11-4-8(14)2-3-9(10)11/h2-6,15H,14H2,1H3,(H,16,17,18). The molecule has 0 spiro atoms. The number of nitrogen functional groups attached to an aromatic ring is 1. The molecule has 0 aliphatic rings. The van der Waals surface area contributed by atoms with E-state index in [1.807, 2.05) is 13.0 Å². The lowest BCUT2D eigenvalue weighted by Gasteiger charge is -2.00. The van der Waals surface area contributed by atoms with Crippen LogP contribution in [-0.2, 0) is 0 Å². The maximum atomic E-state index is 12.2. The van der Waals surface area contributed by atoms with Crippen molar-refractivity contribution in [1.82, 2.24) is 9.97 Å². The first-order chi connectivity index (χ1) is 9.13. The highest BCUT2D eigenvalue weighted by molar-refractivity contribution is 7.15. The second-order valence-electron chi connectivity index (χ2n) is 4.24. The highest BCUT2D eigenvalue weighted by Crippen LogP contribution is 2.23. The molecule has 0 unspecified atom stereocenters. The Bertz CT molecular complexity index is 759. The van der Waals surface area contributed by atoms with E-state index in [4.69, 9.17) is 5.73 Å². The van der Waals surface area contributed by atoms with Gasteiger partial charge in [0.2, 0.25) is 0 Å². The van der Waals surface area contributed by atoms with Crippen LogP contribution in [0.2, 0.25) is 0 Å². The molecule has 1 amide bonds. The van der Waals surface area contributed by atoms with Crippen LogP contribution in [0.5, 0.6) is 0 Å². The summed E-state index contributed by atoms with van der Waals surface area (Å²) in [6.45, 7) is 1.95. The molecule has 0 radical (unpaired) electrons. The van der Waals surface area contributed by atoms with Gasteiger partial charge in [-0.2, -0.15) is 0 Å². The quantitative estimate of drug-likeness (QED) is 0.627. The SMILES string of the molecule is Cc1cnc(NC(=O)c2c[nH]c3cc(N)ccc23)s1. The predicted molar refractivity (Wildman–Crippen MR) is 77.5 cm³/mol. The number of carbonyl (C=O) groups is 1. The molecule has 96 valence electrons. The number of thiazole rings is 1. The normalized spacial score (nSPS) is 10.8. The van der Waals surface area contributed by atoms with Gasteiger partial charge >= 0.3 is 0 Å². The van der Waals surface area contributed by atoms with Gasteiger partial charge in [0, 0.05) is 33.9 Å². The highest BCUT2D eigenvalue weighted by Gasteiger charge is 2.13. The number of anilines is 2. The Morgan fingerprint density at radius 3 is 3.05 bits per heavy atom. The Balaban J connectivity index is 1.93. The molecule has 0 bridgehead atoms. The summed E-state index contributed by atoms with van der Waals surface area (Å²) in [5.74, 6) is -0.176. The highest BCUT2D eigenvalue weighted by atomic mass is 32.1. The summed E-state index contributed by atoms with van der Waals surface area (Å²) >= 11 is 1.45. The predicted octanol–water partition coefficient (Wildman–Crippen LogP) is 2.77. The first kappa shape index (κ1) is 11.7. The van der Waals surface area contributed by atoms with Gasteiger partial charge in [-0.15, -0.1) is 11.3 Å². The first-order valence-electron chi connectivity index (χ1n) is 5.74. The number of hydrogen-bond donors (Lipinski definition) is 3. The fourth-order valence-corrected chi connectivity index (χ4v) is 2.57. The number of rotatable bonds is 2. The van der Waals surface area contributed by atoms with E-state index in [1.165, 1.54) is 11.3 Å². The van der Waals surface area contributed by atoms with E-state index in [9.17, 15) is 4.79 Å². The third-order valence-electron chi connectivity index (χ3n) is 2.79. The van der Waals surface area contributed by atoms with Crippen LogP contribution in [-0.4, -0.2) is 15.9 Å². The molecule has 19 heavy (non-hydrogen) atoms. The number of fused-ring (bicyclic) bond motifs is 1. The lowest BCUT2D eigenvalue weighted by molar-refractivity contribution is 0.102. The van der Waals surface area contributed by atoms with Crippen molar-refractivity contribution < 1.29 is 4.79 Å². The van der Waals surface area contributed by atoms with Crippen LogP contribution < -0.4 is 11.1 Å². The second kappa shape index (κ2) is 4.40. The number of hydrogen-bond acceptors (Lipinski definition) is 4. The van der Waals surface area contributed by atoms with Gasteiger partial charge in [0.25, 0.3) is 5.91 Å². The maximum Gasteiger partial charge on any atom is 0.259 e. The first-order valence-corrected chi connectivity index (χ1v) is 6.55. The summed E-state index contributed by atoms with van der Waals surface area (Å²) in [5, 5.41) is 4.24. The van der Waals surface area contributed by atoms with Crippen LogP contribution in [0.4, 0.5) is 10.8 Å². The van der Waals surface area contributed by atoms with Crippen molar-refractivity contribution in [2.45, 2.75) is 6.92 Å². The van der Waals surface area contributed by atoms with Gasteiger partial charge in [0.05, 0.1) is 5.56 Å². The topological polar surface area (TPSA) is 83.8 Å². The number of nitrogens with two attached hydrogens (primary N) is 1. The minimum absolute atomic E-state index is 0.176. The van der Waals surface area contributed by atoms with Crippen LogP contribution in [0.15, 0.2) is 30.6 Å². The molecule has 3 rings (SSSR count). The molecule has 2 heterocycles. The summed E-state index contributed by atoms with van der Waals surface area (Å²) in [4.78, 5) is 20.4. The minimum Gasteiger partial charge on any atom is -0.399 e. The minimum atomic E-state index is -0.176. The van der Waals surface area contributed by atoms with Crippen molar-refractivity contribution in [3.8, 4) is 0 Å². The molecule has 0 aliphatic heterocycles. The zero-order chi connectivity index (χ0) is 13.4. The van der Waals surface area contributed by atoms with E-state index < -0.39 is 0 Å². The molecule has 0 atom stereocenters. The Labute approximate surface area is 113 Å². The lowest BCUT2D eigenvalue weighted by atomic mass is 10.1. The van der Waals surface area contributed by atoms with E-state index in [1.54, 1.807) is 24.5 Å². The largest absolute Gasteiger partial charge is 0.399 e. The van der Waals surface area contributed by atoms with E-state index in [2.05, 4.69) is 15.3 Å². The summed E-state index contributed by atoms with van der Waals surface area (Å²) in [5.41, 5.74) is 7.80. The smallest absolute Gasteiger partial charge is 0.259 e. The van der Waals surface area contributed by atoms with Crippen LogP contribution >= 0.6 is 11.3 Å². The molecule has 0 saturated carbocycles. The van der Waals surface area contributed by atoms with Crippen LogP contribution in [0.3, 0.4) is 0 Å². The molecule has 0 fully saturated rings. The van der Waals surface area contributed by atoms with E-state index in [0.29, 0.717) is 16.4 Å². The number of aryl methyl sites for hydroxylation is 1. The van der Waals surface area contributed by atoms with E-state index in [-0.39, 0.29) is 5.91 Å². The zero-order valence-corrected chi connectivity index (χ0v) is 11.0. The van der Waals surface area contributed by atoms with Crippen molar-refractivity contribution in [2.75, 3.05) is 11.1 Å². The van der Waals surface area contributed by atoms with Crippen molar-refractivity contribution in [3.63, 3.8) is 0 Å². The Morgan fingerprint density at radius 2 is 2.32 bits per heavy atom. The van der Waals surface area contributed by atoms with Gasteiger partial charge in [-0.3, -0.25) is 10.1 Å². The monoisotopic (exact) mass is 272 g/mol. The molecule has 0 aliphatic carbocycles. The average molecular weight is 272 g/mol. The molecule has 4 N–H and O–H groups in total. The summed E-state index contributed by atoms with van der Waals surface area (Å²) in [6, 6.07) is 5.42. The van der Waals surface area contributed by atoms with Gasteiger partial charge in [0.1, 0.15) is 0 Å². The number of nitrogens with one attached hydrogen (secondary N) is 2. The van der Waals surface area contributed by atoms with Crippen molar-refractivity contribution in [3.05, 3.63) is 41.0 Å². The number of nitrogens with zero attached hydrogens (tertiary/aromatic N) is 1. The van der Waals surface area contributed by atoms with Crippen LogP contribution in [0, 0.1) is 6.92 Å². The molecule has 0 saturated heterocycles. The number of benzene rings is 1. The third kappa shape index (κ3) is 2.17. The fourth-order valence-electron chi connectivity index (χ4n) is 1.91. The van der Waals surface area contributed by atoms with Crippen molar-refractivity contribution in [1.29, 1.82) is 0 Å². The van der Waals surface area contributed by atoms with Crippen LogP contribution in [0.1, 0.15) is 15.2 Å². The average Bonchev–Trinajstić information content (AvgIpc) is 2.95. The van der Waals surface area contributed by atoms with Crippen molar-refractivity contribution >= 4 is 39.0 Å². The fraction of sp³-hybridized carbons (Fsp3) is 0.0769. The number of H-pyrrole nitrogens is 1. The Hall–Kier alpha value is -2.34. The molecular weight excluding hydrogens is 260 g/mol. The lowest BCUT2D eigenvalue weighted by Crippen LogP contribution is -2.10.